The molecule has 3 N–H and O–H groups in total. The fourth-order valence-corrected chi connectivity index (χ4v) is 2.48. The van der Waals surface area contributed by atoms with E-state index in [1.165, 1.54) is 11.1 Å². The smallest absolute Gasteiger partial charge is 0.241 e. The summed E-state index contributed by atoms with van der Waals surface area (Å²) in [6.07, 6.45) is 4.54. The van der Waals surface area contributed by atoms with Gasteiger partial charge < -0.3 is 11.1 Å². The van der Waals surface area contributed by atoms with E-state index in [-0.39, 0.29) is 5.91 Å². The van der Waals surface area contributed by atoms with Crippen LogP contribution in [0.4, 0.5) is 5.69 Å². The van der Waals surface area contributed by atoms with Gasteiger partial charge in [-0.05, 0) is 42.4 Å². The summed E-state index contributed by atoms with van der Waals surface area (Å²) in [7, 11) is 0. The van der Waals surface area contributed by atoms with Crippen molar-refractivity contribution in [2.45, 2.75) is 39.2 Å². The number of aryl methyl sites for hydroxylation is 2. The minimum absolute atomic E-state index is 0.0790. The van der Waals surface area contributed by atoms with E-state index >= 15 is 0 Å². The molecule has 0 aromatic heterocycles. The van der Waals surface area contributed by atoms with Gasteiger partial charge in [-0.2, -0.15) is 11.8 Å². The Bertz CT molecular complexity index is 398. The van der Waals surface area contributed by atoms with Gasteiger partial charge in [0.05, 0.1) is 6.04 Å². The molecule has 1 amide bonds. The van der Waals surface area contributed by atoms with Gasteiger partial charge in [0, 0.05) is 5.69 Å². The van der Waals surface area contributed by atoms with Gasteiger partial charge in [-0.1, -0.05) is 32.0 Å². The van der Waals surface area contributed by atoms with Crippen molar-refractivity contribution in [2.75, 3.05) is 17.3 Å². The van der Waals surface area contributed by atoms with Gasteiger partial charge in [0.25, 0.3) is 0 Å². The first-order valence-electron chi connectivity index (χ1n) is 6.80. The predicted molar refractivity (Wildman–Crippen MR) is 84.8 cm³/mol. The number of nitrogens with two attached hydrogens (primary N) is 1. The maximum absolute atomic E-state index is 12.1. The summed E-state index contributed by atoms with van der Waals surface area (Å²) in [5.41, 5.74) is 9.21. The zero-order valence-electron chi connectivity index (χ0n) is 12.0. The van der Waals surface area contributed by atoms with Gasteiger partial charge in [0.2, 0.25) is 5.91 Å². The molecule has 0 radical (unpaired) electrons. The van der Waals surface area contributed by atoms with Crippen LogP contribution in [0.3, 0.4) is 0 Å². The highest BCUT2D eigenvalue weighted by Gasteiger charge is 2.15. The second kappa shape index (κ2) is 8.23. The number of hydrogen-bond donors (Lipinski definition) is 2. The Labute approximate surface area is 120 Å². The van der Waals surface area contributed by atoms with Crippen LogP contribution in [0.1, 0.15) is 31.4 Å². The highest BCUT2D eigenvalue weighted by atomic mass is 32.2. The summed E-state index contributed by atoms with van der Waals surface area (Å²) < 4.78 is 0. The summed E-state index contributed by atoms with van der Waals surface area (Å²) in [6, 6.07) is 5.73. The molecular weight excluding hydrogens is 256 g/mol. The molecule has 1 aromatic rings. The largest absolute Gasteiger partial charge is 0.324 e. The van der Waals surface area contributed by atoms with E-state index in [0.717, 1.165) is 24.3 Å². The summed E-state index contributed by atoms with van der Waals surface area (Å²) in [4.78, 5) is 12.1. The number of carbonyl (C=O) groups excluding carboxylic acids is 1. The van der Waals surface area contributed by atoms with E-state index in [1.807, 2.05) is 12.3 Å². The zero-order chi connectivity index (χ0) is 14.3. The first kappa shape index (κ1) is 16.1. The van der Waals surface area contributed by atoms with E-state index in [2.05, 4.69) is 31.3 Å². The predicted octanol–water partition coefficient (Wildman–Crippen LogP) is 2.83. The number of hydrogen-bond acceptors (Lipinski definition) is 3. The zero-order valence-corrected chi connectivity index (χ0v) is 12.8. The standard InChI is InChI=1S/C15H24N2OS/c1-4-11-7-6-8-12(5-2)14(11)17-15(18)13(16)9-10-19-3/h6-8,13H,4-5,9-10,16H2,1-3H3,(H,17,18)/t13-/m1/s1. The van der Waals surface area contributed by atoms with E-state index in [4.69, 9.17) is 5.73 Å². The normalized spacial score (nSPS) is 12.2. The first-order valence-corrected chi connectivity index (χ1v) is 8.19. The number of nitrogens with one attached hydrogen (secondary N) is 1. The Morgan fingerprint density at radius 3 is 2.37 bits per heavy atom. The van der Waals surface area contributed by atoms with Gasteiger partial charge >= 0.3 is 0 Å². The topological polar surface area (TPSA) is 55.1 Å². The third kappa shape index (κ3) is 4.55. The Kier molecular flexibility index (Phi) is 6.95. The first-order chi connectivity index (χ1) is 9.13. The van der Waals surface area contributed by atoms with Crippen molar-refractivity contribution in [3.05, 3.63) is 29.3 Å². The van der Waals surface area contributed by atoms with Crippen molar-refractivity contribution in [1.29, 1.82) is 0 Å². The molecule has 0 saturated carbocycles. The molecular formula is C15H24N2OS. The quantitative estimate of drug-likeness (QED) is 0.807. The fourth-order valence-electron chi connectivity index (χ4n) is 1.99. The molecule has 4 heteroatoms. The monoisotopic (exact) mass is 280 g/mol. The molecule has 1 rings (SSSR count). The van der Waals surface area contributed by atoms with Crippen molar-refractivity contribution < 1.29 is 4.79 Å². The highest BCUT2D eigenvalue weighted by molar-refractivity contribution is 7.98. The van der Waals surface area contributed by atoms with Crippen molar-refractivity contribution in [3.8, 4) is 0 Å². The second-order valence-corrected chi connectivity index (χ2v) is 5.52. The Morgan fingerprint density at radius 1 is 1.32 bits per heavy atom. The summed E-state index contributed by atoms with van der Waals surface area (Å²) >= 11 is 1.71. The Morgan fingerprint density at radius 2 is 1.89 bits per heavy atom. The van der Waals surface area contributed by atoms with Gasteiger partial charge in [-0.25, -0.2) is 0 Å². The molecule has 0 fully saturated rings. The van der Waals surface area contributed by atoms with Crippen molar-refractivity contribution >= 4 is 23.4 Å². The van der Waals surface area contributed by atoms with Crippen LogP contribution in [-0.2, 0) is 17.6 Å². The van der Waals surface area contributed by atoms with Crippen LogP contribution in [0.15, 0.2) is 18.2 Å². The number of anilines is 1. The van der Waals surface area contributed by atoms with Crippen molar-refractivity contribution in [3.63, 3.8) is 0 Å². The highest BCUT2D eigenvalue weighted by Crippen LogP contribution is 2.22. The van der Waals surface area contributed by atoms with E-state index in [0.29, 0.717) is 6.42 Å². The maximum atomic E-state index is 12.1. The molecule has 0 unspecified atom stereocenters. The Hall–Kier alpha value is -1.000. The fraction of sp³-hybridized carbons (Fsp3) is 0.533. The number of carbonyl (C=O) groups is 1. The summed E-state index contributed by atoms with van der Waals surface area (Å²) in [5, 5.41) is 3.02. The minimum atomic E-state index is -0.429. The number of thioether (sulfide) groups is 1. The molecule has 1 aromatic carbocycles. The molecule has 1 atom stereocenters. The number of benzene rings is 1. The van der Waals surface area contributed by atoms with Gasteiger partial charge in [0.15, 0.2) is 0 Å². The van der Waals surface area contributed by atoms with Crippen LogP contribution in [-0.4, -0.2) is 24.0 Å². The molecule has 106 valence electrons. The SMILES string of the molecule is CCc1cccc(CC)c1NC(=O)[C@H](N)CCSC. The minimum Gasteiger partial charge on any atom is -0.324 e. The van der Waals surface area contributed by atoms with Gasteiger partial charge in [-0.3, -0.25) is 4.79 Å². The van der Waals surface area contributed by atoms with Crippen molar-refractivity contribution in [2.24, 2.45) is 5.73 Å². The van der Waals surface area contributed by atoms with E-state index < -0.39 is 6.04 Å². The third-order valence-corrected chi connectivity index (χ3v) is 3.86. The van der Waals surface area contributed by atoms with Crippen LogP contribution in [0.2, 0.25) is 0 Å². The number of amides is 1. The molecule has 0 bridgehead atoms. The molecule has 0 heterocycles. The molecule has 19 heavy (non-hydrogen) atoms. The molecule has 0 saturated heterocycles. The molecule has 0 spiro atoms. The molecule has 3 nitrogen and oxygen atoms in total. The lowest BCUT2D eigenvalue weighted by molar-refractivity contribution is -0.117. The second-order valence-electron chi connectivity index (χ2n) is 4.54. The van der Waals surface area contributed by atoms with E-state index in [1.54, 1.807) is 11.8 Å². The van der Waals surface area contributed by atoms with Crippen LogP contribution >= 0.6 is 11.8 Å². The molecule has 0 aliphatic carbocycles. The van der Waals surface area contributed by atoms with Crippen LogP contribution in [0.25, 0.3) is 0 Å². The summed E-state index contributed by atoms with van der Waals surface area (Å²) in [5.74, 6) is 0.828. The van der Waals surface area contributed by atoms with Crippen LogP contribution in [0.5, 0.6) is 0 Å². The number of rotatable bonds is 7. The molecule has 0 aliphatic rings. The maximum Gasteiger partial charge on any atom is 0.241 e. The average Bonchev–Trinajstić information content (AvgIpc) is 2.44. The average molecular weight is 280 g/mol. The van der Waals surface area contributed by atoms with Gasteiger partial charge in [-0.15, -0.1) is 0 Å². The lowest BCUT2D eigenvalue weighted by Crippen LogP contribution is -2.36. The van der Waals surface area contributed by atoms with E-state index in [9.17, 15) is 4.79 Å². The summed E-state index contributed by atoms with van der Waals surface area (Å²) in [6.45, 7) is 4.19. The lowest BCUT2D eigenvalue weighted by atomic mass is 10.0. The Balaban J connectivity index is 2.83. The van der Waals surface area contributed by atoms with Crippen LogP contribution in [0, 0.1) is 0 Å². The van der Waals surface area contributed by atoms with Crippen LogP contribution < -0.4 is 11.1 Å². The third-order valence-electron chi connectivity index (χ3n) is 3.22. The molecule has 0 aliphatic heterocycles. The van der Waals surface area contributed by atoms with Gasteiger partial charge in [0.1, 0.15) is 0 Å². The number of para-hydroxylation sites is 1. The lowest BCUT2D eigenvalue weighted by Gasteiger charge is -2.17. The van der Waals surface area contributed by atoms with Crippen molar-refractivity contribution in [1.82, 2.24) is 0 Å².